The second-order valence-corrected chi connectivity index (χ2v) is 5.65. The Labute approximate surface area is 115 Å². The van der Waals surface area contributed by atoms with Crippen molar-refractivity contribution in [1.29, 1.82) is 0 Å². The molecule has 0 atom stereocenters. The SMILES string of the molecule is NC(=O)CN(c1cc(Br)ccc1N)C1CCCC1. The highest BCUT2D eigenvalue weighted by Gasteiger charge is 2.25. The quantitative estimate of drug-likeness (QED) is 0.838. The average molecular weight is 312 g/mol. The third kappa shape index (κ3) is 2.96. The van der Waals surface area contributed by atoms with E-state index in [0.717, 1.165) is 23.0 Å². The normalized spacial score (nSPS) is 15.8. The van der Waals surface area contributed by atoms with Crippen LogP contribution in [-0.2, 0) is 4.79 Å². The molecule has 0 aliphatic heterocycles. The molecule has 1 amide bonds. The minimum absolute atomic E-state index is 0.227. The molecule has 1 aromatic rings. The Balaban J connectivity index is 2.31. The Bertz CT molecular complexity index is 444. The van der Waals surface area contributed by atoms with Gasteiger partial charge in [0, 0.05) is 10.5 Å². The Kier molecular flexibility index (Phi) is 4.11. The van der Waals surface area contributed by atoms with Gasteiger partial charge in [-0.05, 0) is 31.0 Å². The molecule has 4 N–H and O–H groups in total. The van der Waals surface area contributed by atoms with Gasteiger partial charge in [-0.25, -0.2) is 0 Å². The summed E-state index contributed by atoms with van der Waals surface area (Å²) in [7, 11) is 0. The van der Waals surface area contributed by atoms with Crippen LogP contribution < -0.4 is 16.4 Å². The summed E-state index contributed by atoms with van der Waals surface area (Å²) < 4.78 is 0.958. The molecule has 2 rings (SSSR count). The maximum absolute atomic E-state index is 11.3. The van der Waals surface area contributed by atoms with E-state index in [1.807, 2.05) is 18.2 Å². The van der Waals surface area contributed by atoms with Crippen LogP contribution in [0.4, 0.5) is 11.4 Å². The Morgan fingerprint density at radius 3 is 2.67 bits per heavy atom. The molecular formula is C13H18BrN3O. The van der Waals surface area contributed by atoms with E-state index in [0.29, 0.717) is 11.7 Å². The number of hydrogen-bond acceptors (Lipinski definition) is 3. The van der Waals surface area contributed by atoms with E-state index < -0.39 is 0 Å². The maximum atomic E-state index is 11.3. The summed E-state index contributed by atoms with van der Waals surface area (Å²) >= 11 is 3.44. The van der Waals surface area contributed by atoms with Gasteiger partial charge in [0.1, 0.15) is 0 Å². The summed E-state index contributed by atoms with van der Waals surface area (Å²) in [4.78, 5) is 13.3. The summed E-state index contributed by atoms with van der Waals surface area (Å²) in [5, 5.41) is 0. The smallest absolute Gasteiger partial charge is 0.236 e. The van der Waals surface area contributed by atoms with Gasteiger partial charge in [0.15, 0.2) is 0 Å². The van der Waals surface area contributed by atoms with Crippen LogP contribution in [0.3, 0.4) is 0 Å². The molecular weight excluding hydrogens is 294 g/mol. The summed E-state index contributed by atoms with van der Waals surface area (Å²) in [6.45, 7) is 0.227. The van der Waals surface area contributed by atoms with Crippen molar-refractivity contribution < 1.29 is 4.79 Å². The van der Waals surface area contributed by atoms with Crippen molar-refractivity contribution >= 4 is 33.2 Å². The molecule has 0 radical (unpaired) electrons. The third-order valence-electron chi connectivity index (χ3n) is 3.39. The minimum Gasteiger partial charge on any atom is -0.397 e. The standard InChI is InChI=1S/C13H18BrN3O/c14-9-5-6-11(15)12(7-9)17(8-13(16)18)10-3-1-2-4-10/h5-7,10H,1-4,8,15H2,(H2,16,18). The number of nitrogen functional groups attached to an aromatic ring is 1. The molecule has 0 saturated heterocycles. The molecule has 0 bridgehead atoms. The first-order valence-electron chi connectivity index (χ1n) is 6.18. The van der Waals surface area contributed by atoms with Gasteiger partial charge in [0.05, 0.1) is 17.9 Å². The predicted molar refractivity (Wildman–Crippen MR) is 77.4 cm³/mol. The van der Waals surface area contributed by atoms with Crippen molar-refractivity contribution in [3.05, 3.63) is 22.7 Å². The second kappa shape index (κ2) is 5.61. The number of nitrogens with zero attached hydrogens (tertiary/aromatic N) is 1. The molecule has 98 valence electrons. The van der Waals surface area contributed by atoms with Gasteiger partial charge in [-0.2, -0.15) is 0 Å². The van der Waals surface area contributed by atoms with Crippen molar-refractivity contribution in [2.45, 2.75) is 31.7 Å². The highest BCUT2D eigenvalue weighted by molar-refractivity contribution is 9.10. The van der Waals surface area contributed by atoms with Crippen molar-refractivity contribution in [2.24, 2.45) is 5.73 Å². The monoisotopic (exact) mass is 311 g/mol. The number of carbonyl (C=O) groups excluding carboxylic acids is 1. The Morgan fingerprint density at radius 1 is 1.39 bits per heavy atom. The van der Waals surface area contributed by atoms with E-state index in [2.05, 4.69) is 20.8 Å². The van der Waals surface area contributed by atoms with Gasteiger partial charge in [0.2, 0.25) is 5.91 Å². The number of benzene rings is 1. The molecule has 5 heteroatoms. The van der Waals surface area contributed by atoms with Crippen LogP contribution in [0.1, 0.15) is 25.7 Å². The molecule has 4 nitrogen and oxygen atoms in total. The zero-order chi connectivity index (χ0) is 13.1. The van der Waals surface area contributed by atoms with Crippen LogP contribution in [0.15, 0.2) is 22.7 Å². The van der Waals surface area contributed by atoms with Gasteiger partial charge in [-0.1, -0.05) is 28.8 Å². The molecule has 1 aliphatic rings. The topological polar surface area (TPSA) is 72.4 Å². The summed E-state index contributed by atoms with van der Waals surface area (Å²) in [5.74, 6) is -0.318. The Hall–Kier alpha value is -1.23. The van der Waals surface area contributed by atoms with Crippen molar-refractivity contribution in [3.8, 4) is 0 Å². The van der Waals surface area contributed by atoms with Crippen LogP contribution in [0.5, 0.6) is 0 Å². The fourth-order valence-corrected chi connectivity index (χ4v) is 2.91. The van der Waals surface area contributed by atoms with E-state index in [1.54, 1.807) is 0 Å². The molecule has 0 heterocycles. The average Bonchev–Trinajstić information content (AvgIpc) is 2.82. The van der Waals surface area contributed by atoms with Gasteiger partial charge in [-0.3, -0.25) is 4.79 Å². The molecule has 18 heavy (non-hydrogen) atoms. The molecule has 1 aromatic carbocycles. The van der Waals surface area contributed by atoms with Crippen LogP contribution >= 0.6 is 15.9 Å². The lowest BCUT2D eigenvalue weighted by molar-refractivity contribution is -0.116. The lowest BCUT2D eigenvalue weighted by Crippen LogP contribution is -2.40. The number of amides is 1. The number of rotatable bonds is 4. The van der Waals surface area contributed by atoms with E-state index in [9.17, 15) is 4.79 Å². The van der Waals surface area contributed by atoms with Crippen molar-refractivity contribution in [3.63, 3.8) is 0 Å². The number of carbonyl (C=O) groups is 1. The zero-order valence-electron chi connectivity index (χ0n) is 10.2. The molecule has 1 fully saturated rings. The van der Waals surface area contributed by atoms with Crippen molar-refractivity contribution in [1.82, 2.24) is 0 Å². The lowest BCUT2D eigenvalue weighted by Gasteiger charge is -2.31. The molecule has 0 aromatic heterocycles. The van der Waals surface area contributed by atoms with Gasteiger partial charge >= 0.3 is 0 Å². The first kappa shape index (κ1) is 13.2. The first-order chi connectivity index (χ1) is 8.58. The highest BCUT2D eigenvalue weighted by atomic mass is 79.9. The van der Waals surface area contributed by atoms with Gasteiger partial charge in [-0.15, -0.1) is 0 Å². The van der Waals surface area contributed by atoms with E-state index >= 15 is 0 Å². The van der Waals surface area contributed by atoms with E-state index in [-0.39, 0.29) is 12.5 Å². The van der Waals surface area contributed by atoms with Crippen LogP contribution in [0.2, 0.25) is 0 Å². The zero-order valence-corrected chi connectivity index (χ0v) is 11.8. The summed E-state index contributed by atoms with van der Waals surface area (Å²) in [6, 6.07) is 6.07. The van der Waals surface area contributed by atoms with E-state index in [1.165, 1.54) is 12.8 Å². The fourth-order valence-electron chi connectivity index (χ4n) is 2.56. The van der Waals surface area contributed by atoms with Crippen molar-refractivity contribution in [2.75, 3.05) is 17.2 Å². The number of hydrogen-bond donors (Lipinski definition) is 2. The number of halogens is 1. The lowest BCUT2D eigenvalue weighted by atomic mass is 10.1. The summed E-state index contributed by atoms with van der Waals surface area (Å²) in [5.41, 5.74) is 13.0. The fraction of sp³-hybridized carbons (Fsp3) is 0.462. The number of anilines is 2. The number of primary amides is 1. The van der Waals surface area contributed by atoms with Crippen LogP contribution in [0, 0.1) is 0 Å². The molecule has 0 unspecified atom stereocenters. The van der Waals surface area contributed by atoms with Gasteiger partial charge < -0.3 is 16.4 Å². The second-order valence-electron chi connectivity index (χ2n) is 4.74. The molecule has 1 saturated carbocycles. The third-order valence-corrected chi connectivity index (χ3v) is 3.89. The minimum atomic E-state index is -0.318. The molecule has 0 spiro atoms. The van der Waals surface area contributed by atoms with E-state index in [4.69, 9.17) is 11.5 Å². The van der Waals surface area contributed by atoms with Crippen LogP contribution in [0.25, 0.3) is 0 Å². The number of nitrogens with two attached hydrogens (primary N) is 2. The molecule has 1 aliphatic carbocycles. The summed E-state index contributed by atoms with van der Waals surface area (Å²) in [6.07, 6.45) is 4.60. The predicted octanol–water partition coefficient (Wildman–Crippen LogP) is 2.27. The first-order valence-corrected chi connectivity index (χ1v) is 6.97. The van der Waals surface area contributed by atoms with Gasteiger partial charge in [0.25, 0.3) is 0 Å². The highest BCUT2D eigenvalue weighted by Crippen LogP contribution is 2.33. The largest absolute Gasteiger partial charge is 0.397 e. The Morgan fingerprint density at radius 2 is 2.06 bits per heavy atom. The maximum Gasteiger partial charge on any atom is 0.236 e. The van der Waals surface area contributed by atoms with Crippen LogP contribution in [-0.4, -0.2) is 18.5 Å².